The number of hydrogen-bond acceptors (Lipinski definition) is 5. The van der Waals surface area contributed by atoms with Crippen molar-refractivity contribution in [3.63, 3.8) is 0 Å². The van der Waals surface area contributed by atoms with E-state index in [1.807, 2.05) is 24.3 Å². The topological polar surface area (TPSA) is 76.3 Å². The van der Waals surface area contributed by atoms with E-state index in [1.165, 1.54) is 10.7 Å². The second-order valence-corrected chi connectivity index (χ2v) is 6.92. The van der Waals surface area contributed by atoms with Gasteiger partial charge in [0.25, 0.3) is 5.56 Å². The molecule has 9 heteroatoms. The minimum atomic E-state index is -0.318. The van der Waals surface area contributed by atoms with Gasteiger partial charge in [0.05, 0.1) is 0 Å². The van der Waals surface area contributed by atoms with E-state index < -0.39 is 0 Å². The lowest BCUT2D eigenvalue weighted by Crippen LogP contribution is -2.50. The summed E-state index contributed by atoms with van der Waals surface area (Å²) >= 11 is 6.06. The summed E-state index contributed by atoms with van der Waals surface area (Å²) in [6.07, 6.45) is 3.36. The molecule has 0 radical (unpaired) electrons. The maximum absolute atomic E-state index is 12.7. The monoisotopic (exact) mass is 398 g/mol. The largest absolute Gasteiger partial charge is 0.368 e. The molecule has 1 saturated heterocycles. The van der Waals surface area contributed by atoms with Gasteiger partial charge in [-0.1, -0.05) is 17.7 Å². The van der Waals surface area contributed by atoms with Gasteiger partial charge in [0.15, 0.2) is 5.82 Å². The average Bonchev–Trinajstić information content (AvgIpc) is 3.24. The lowest BCUT2D eigenvalue weighted by Gasteiger charge is -2.36. The van der Waals surface area contributed by atoms with E-state index in [0.29, 0.717) is 37.0 Å². The number of hydrogen-bond donors (Lipinski definition) is 0. The van der Waals surface area contributed by atoms with Gasteiger partial charge in [-0.15, -0.1) is 5.10 Å². The van der Waals surface area contributed by atoms with Crippen LogP contribution in [-0.2, 0) is 11.3 Å². The molecule has 3 aromatic rings. The van der Waals surface area contributed by atoms with Crippen LogP contribution < -0.4 is 10.5 Å². The molecule has 0 N–H and O–H groups in total. The number of carbonyl (C=O) groups is 1. The van der Waals surface area contributed by atoms with Crippen molar-refractivity contribution in [2.75, 3.05) is 31.1 Å². The van der Waals surface area contributed by atoms with Crippen molar-refractivity contribution < 1.29 is 4.79 Å². The van der Waals surface area contributed by atoms with Gasteiger partial charge < -0.3 is 9.80 Å². The third kappa shape index (κ3) is 3.91. The Morgan fingerprint density at radius 1 is 1.07 bits per heavy atom. The molecule has 0 atom stereocenters. The van der Waals surface area contributed by atoms with E-state index >= 15 is 0 Å². The molecule has 3 heterocycles. The molecule has 8 nitrogen and oxygen atoms in total. The number of anilines is 1. The van der Waals surface area contributed by atoms with Gasteiger partial charge in [0.1, 0.15) is 6.54 Å². The Bertz CT molecular complexity index is 1020. The van der Waals surface area contributed by atoms with Crippen LogP contribution in [0, 0.1) is 0 Å². The number of aromatic nitrogens is 4. The molecular formula is C19H19ClN6O2. The van der Waals surface area contributed by atoms with E-state index in [2.05, 4.69) is 15.1 Å². The van der Waals surface area contributed by atoms with Crippen LogP contribution in [0.1, 0.15) is 0 Å². The molecule has 4 rings (SSSR count). The summed E-state index contributed by atoms with van der Waals surface area (Å²) in [5, 5.41) is 9.05. The molecule has 0 unspecified atom stereocenters. The molecule has 0 spiro atoms. The molecule has 1 amide bonds. The van der Waals surface area contributed by atoms with Crippen LogP contribution in [0.25, 0.3) is 5.82 Å². The minimum absolute atomic E-state index is 0.0922. The van der Waals surface area contributed by atoms with Crippen LogP contribution in [0.4, 0.5) is 5.69 Å². The maximum Gasteiger partial charge on any atom is 0.267 e. The molecule has 2 aromatic heterocycles. The van der Waals surface area contributed by atoms with Crippen LogP contribution in [0.15, 0.2) is 59.7 Å². The summed E-state index contributed by atoms with van der Waals surface area (Å²) in [6, 6.07) is 12.4. The van der Waals surface area contributed by atoms with Crippen molar-refractivity contribution in [1.29, 1.82) is 0 Å². The van der Waals surface area contributed by atoms with Gasteiger partial charge in [0.2, 0.25) is 5.91 Å². The molecule has 1 aromatic carbocycles. The second kappa shape index (κ2) is 7.85. The van der Waals surface area contributed by atoms with Crippen molar-refractivity contribution >= 4 is 23.2 Å². The fraction of sp³-hybridized carbons (Fsp3) is 0.263. The fourth-order valence-corrected chi connectivity index (χ4v) is 3.38. The summed E-state index contributed by atoms with van der Waals surface area (Å²) in [6.45, 7) is 2.49. The van der Waals surface area contributed by atoms with Crippen LogP contribution in [0.3, 0.4) is 0 Å². The Balaban J connectivity index is 1.41. The van der Waals surface area contributed by atoms with Crippen molar-refractivity contribution in [2.24, 2.45) is 0 Å². The van der Waals surface area contributed by atoms with Crippen LogP contribution in [0.2, 0.25) is 5.02 Å². The second-order valence-electron chi connectivity index (χ2n) is 6.49. The van der Waals surface area contributed by atoms with Crippen LogP contribution in [-0.4, -0.2) is 56.5 Å². The molecule has 1 aliphatic rings. The maximum atomic E-state index is 12.7. The molecule has 0 bridgehead atoms. The van der Waals surface area contributed by atoms with Gasteiger partial charge in [-0.2, -0.15) is 5.10 Å². The standard InChI is InChI=1S/C19H19ClN6O2/c20-15-3-1-4-16(13-15)23-9-11-24(12-10-23)19(28)14-26-18(27)6-5-17(22-26)25-8-2-7-21-25/h1-8,13H,9-12,14H2. The van der Waals surface area contributed by atoms with Gasteiger partial charge in [-0.3, -0.25) is 9.59 Å². The van der Waals surface area contributed by atoms with E-state index in [4.69, 9.17) is 11.6 Å². The van der Waals surface area contributed by atoms with Crippen molar-refractivity contribution in [2.45, 2.75) is 6.54 Å². The third-order valence-electron chi connectivity index (χ3n) is 4.68. The highest BCUT2D eigenvalue weighted by Crippen LogP contribution is 2.20. The van der Waals surface area contributed by atoms with Gasteiger partial charge >= 0.3 is 0 Å². The zero-order valence-electron chi connectivity index (χ0n) is 15.1. The Morgan fingerprint density at radius 3 is 2.61 bits per heavy atom. The van der Waals surface area contributed by atoms with E-state index in [1.54, 1.807) is 34.1 Å². The van der Waals surface area contributed by atoms with Crippen molar-refractivity contribution in [1.82, 2.24) is 24.5 Å². The fourth-order valence-electron chi connectivity index (χ4n) is 3.19. The summed E-state index contributed by atoms with van der Waals surface area (Å²) in [7, 11) is 0. The quantitative estimate of drug-likeness (QED) is 0.664. The number of nitrogens with zero attached hydrogens (tertiary/aromatic N) is 6. The van der Waals surface area contributed by atoms with Gasteiger partial charge in [0, 0.05) is 55.3 Å². The van der Waals surface area contributed by atoms with E-state index in [9.17, 15) is 9.59 Å². The number of halogens is 1. The number of benzene rings is 1. The van der Waals surface area contributed by atoms with Gasteiger partial charge in [-0.25, -0.2) is 9.36 Å². The predicted molar refractivity (Wildman–Crippen MR) is 106 cm³/mol. The lowest BCUT2D eigenvalue weighted by atomic mass is 10.2. The highest BCUT2D eigenvalue weighted by atomic mass is 35.5. The average molecular weight is 399 g/mol. The SMILES string of the molecule is O=C(Cn1nc(-n2cccn2)ccc1=O)N1CCN(c2cccc(Cl)c2)CC1. The number of piperazine rings is 1. The summed E-state index contributed by atoms with van der Waals surface area (Å²) < 4.78 is 2.73. The first-order valence-electron chi connectivity index (χ1n) is 8.97. The van der Waals surface area contributed by atoms with Gasteiger partial charge in [-0.05, 0) is 30.3 Å². The molecule has 144 valence electrons. The third-order valence-corrected chi connectivity index (χ3v) is 4.92. The molecule has 28 heavy (non-hydrogen) atoms. The highest BCUT2D eigenvalue weighted by molar-refractivity contribution is 6.30. The molecule has 0 saturated carbocycles. The minimum Gasteiger partial charge on any atom is -0.368 e. The van der Waals surface area contributed by atoms with Crippen LogP contribution >= 0.6 is 11.6 Å². The first-order chi connectivity index (χ1) is 13.6. The van der Waals surface area contributed by atoms with Crippen molar-refractivity contribution in [3.8, 4) is 5.82 Å². The Labute approximate surface area is 166 Å². The first-order valence-corrected chi connectivity index (χ1v) is 9.34. The van der Waals surface area contributed by atoms with E-state index in [-0.39, 0.29) is 18.0 Å². The van der Waals surface area contributed by atoms with Crippen molar-refractivity contribution in [3.05, 3.63) is 70.2 Å². The predicted octanol–water partition coefficient (Wildman–Crippen LogP) is 1.43. The van der Waals surface area contributed by atoms with E-state index in [0.717, 1.165) is 5.69 Å². The zero-order valence-corrected chi connectivity index (χ0v) is 15.9. The number of rotatable bonds is 4. The molecular weight excluding hydrogens is 380 g/mol. The Kier molecular flexibility index (Phi) is 5.12. The molecule has 1 aliphatic heterocycles. The smallest absolute Gasteiger partial charge is 0.267 e. The molecule has 1 fully saturated rings. The number of amides is 1. The Hall–Kier alpha value is -3.13. The lowest BCUT2D eigenvalue weighted by molar-refractivity contribution is -0.132. The van der Waals surface area contributed by atoms with Crippen LogP contribution in [0.5, 0.6) is 0 Å². The number of carbonyl (C=O) groups excluding carboxylic acids is 1. The summed E-state index contributed by atoms with van der Waals surface area (Å²) in [5.41, 5.74) is 0.728. The summed E-state index contributed by atoms with van der Waals surface area (Å²) in [5.74, 6) is 0.362. The summed E-state index contributed by atoms with van der Waals surface area (Å²) in [4.78, 5) is 28.7. The molecule has 0 aliphatic carbocycles. The zero-order chi connectivity index (χ0) is 19.5. The Morgan fingerprint density at radius 2 is 1.89 bits per heavy atom. The highest BCUT2D eigenvalue weighted by Gasteiger charge is 2.22. The first kappa shape index (κ1) is 18.2. The normalized spacial score (nSPS) is 14.3.